The first-order valence-electron chi connectivity index (χ1n) is 6.46. The molecule has 2 rings (SSSR count). The fourth-order valence-corrected chi connectivity index (χ4v) is 4.91. The predicted molar refractivity (Wildman–Crippen MR) is 81.1 cm³/mol. The molecular weight excluding hydrogens is 314 g/mol. The zero-order chi connectivity index (χ0) is 15.6. The van der Waals surface area contributed by atoms with Gasteiger partial charge in [-0.15, -0.1) is 11.8 Å². The maximum absolute atomic E-state index is 12.1. The molecule has 2 N–H and O–H groups in total. The summed E-state index contributed by atoms with van der Waals surface area (Å²) in [7, 11) is 0. The van der Waals surface area contributed by atoms with E-state index in [1.807, 2.05) is 0 Å². The van der Waals surface area contributed by atoms with E-state index in [1.165, 1.54) is 34.5 Å². The minimum absolute atomic E-state index is 0.0256. The van der Waals surface area contributed by atoms with E-state index in [-0.39, 0.29) is 30.2 Å². The molecule has 0 unspecified atom stereocenters. The SMILES string of the molecule is C=CCOC(=O)C1=C(SCCO)S[C@H]2[C@@H]([C@@H](C)O)C(=O)N12. The molecule has 3 atom stereocenters. The molecule has 1 fully saturated rings. The molecule has 1 saturated heterocycles. The third-order valence-corrected chi connectivity index (χ3v) is 5.75. The molecule has 0 aromatic carbocycles. The van der Waals surface area contributed by atoms with Crippen LogP contribution in [0.4, 0.5) is 0 Å². The summed E-state index contributed by atoms with van der Waals surface area (Å²) in [6, 6.07) is 0. The number of aliphatic hydroxyl groups is 2. The quantitative estimate of drug-likeness (QED) is 0.399. The number of hydrogen-bond acceptors (Lipinski definition) is 7. The Morgan fingerprint density at radius 2 is 2.38 bits per heavy atom. The van der Waals surface area contributed by atoms with Gasteiger partial charge in [-0.1, -0.05) is 24.4 Å². The molecule has 21 heavy (non-hydrogen) atoms. The number of rotatable bonds is 7. The molecular formula is C13H17NO5S2. The van der Waals surface area contributed by atoms with Crippen LogP contribution in [0.3, 0.4) is 0 Å². The average molecular weight is 331 g/mol. The summed E-state index contributed by atoms with van der Waals surface area (Å²) in [5.41, 5.74) is 0.215. The van der Waals surface area contributed by atoms with Crippen molar-refractivity contribution in [2.75, 3.05) is 19.0 Å². The second-order valence-corrected chi connectivity index (χ2v) is 7.07. The number of fused-ring (bicyclic) bond motifs is 1. The van der Waals surface area contributed by atoms with Crippen LogP contribution in [0.25, 0.3) is 0 Å². The minimum atomic E-state index is -0.765. The van der Waals surface area contributed by atoms with Crippen LogP contribution in [0, 0.1) is 5.92 Å². The molecule has 8 heteroatoms. The van der Waals surface area contributed by atoms with Crippen LogP contribution in [0.1, 0.15) is 6.92 Å². The molecule has 2 aliphatic rings. The van der Waals surface area contributed by atoms with E-state index in [1.54, 1.807) is 6.92 Å². The van der Waals surface area contributed by atoms with Gasteiger partial charge in [-0.2, -0.15) is 0 Å². The summed E-state index contributed by atoms with van der Waals surface area (Å²) in [4.78, 5) is 25.6. The monoisotopic (exact) mass is 331 g/mol. The molecule has 0 aromatic rings. The largest absolute Gasteiger partial charge is 0.457 e. The molecule has 6 nitrogen and oxygen atoms in total. The molecule has 0 saturated carbocycles. The summed E-state index contributed by atoms with van der Waals surface area (Å²) < 4.78 is 5.67. The van der Waals surface area contributed by atoms with Gasteiger partial charge >= 0.3 is 5.97 Å². The standard InChI is InChI=1S/C13H17NO5S2/c1-3-5-19-12(18)9-13(20-6-4-15)21-11-8(7(2)16)10(17)14(9)11/h3,7-8,11,15-16H,1,4-6H2,2H3/t7-,8+,11+/m1/s1. The van der Waals surface area contributed by atoms with Crippen molar-refractivity contribution >= 4 is 35.4 Å². The lowest BCUT2D eigenvalue weighted by Gasteiger charge is -2.43. The van der Waals surface area contributed by atoms with Gasteiger partial charge in [-0.25, -0.2) is 4.79 Å². The number of aliphatic hydroxyl groups excluding tert-OH is 2. The van der Waals surface area contributed by atoms with E-state index < -0.39 is 18.0 Å². The van der Waals surface area contributed by atoms with E-state index in [0.717, 1.165) is 0 Å². The van der Waals surface area contributed by atoms with Crippen molar-refractivity contribution in [2.24, 2.45) is 5.92 Å². The molecule has 2 heterocycles. The summed E-state index contributed by atoms with van der Waals surface area (Å²) >= 11 is 2.67. The lowest BCUT2D eigenvalue weighted by atomic mass is 9.92. The number of β-lactam (4-membered cyclic amide) rings is 1. The second kappa shape index (κ2) is 6.87. The average Bonchev–Trinajstić information content (AvgIpc) is 2.76. The van der Waals surface area contributed by atoms with Crippen LogP contribution in [0.2, 0.25) is 0 Å². The number of ether oxygens (including phenoxy) is 1. The first kappa shape index (κ1) is 16.4. The fraction of sp³-hybridized carbons (Fsp3) is 0.538. The number of nitrogens with zero attached hydrogens (tertiary/aromatic N) is 1. The lowest BCUT2D eigenvalue weighted by Crippen LogP contribution is -2.60. The zero-order valence-corrected chi connectivity index (χ0v) is 13.2. The van der Waals surface area contributed by atoms with Gasteiger partial charge in [-0.05, 0) is 6.92 Å². The predicted octanol–water partition coefficient (Wildman–Crippen LogP) is 0.522. The van der Waals surface area contributed by atoms with E-state index in [2.05, 4.69) is 6.58 Å². The van der Waals surface area contributed by atoms with Crippen LogP contribution < -0.4 is 0 Å². The summed E-state index contributed by atoms with van der Waals surface area (Å²) in [6.45, 7) is 5.08. The third kappa shape index (κ3) is 2.98. The molecule has 1 amide bonds. The van der Waals surface area contributed by atoms with Gasteiger partial charge in [0, 0.05) is 5.75 Å². The Labute approximate surface area is 131 Å². The summed E-state index contributed by atoms with van der Waals surface area (Å²) in [5.74, 6) is -0.936. The molecule has 2 aliphatic heterocycles. The minimum Gasteiger partial charge on any atom is -0.457 e. The van der Waals surface area contributed by atoms with E-state index in [0.29, 0.717) is 9.99 Å². The zero-order valence-electron chi connectivity index (χ0n) is 11.5. The highest BCUT2D eigenvalue weighted by atomic mass is 32.2. The highest BCUT2D eigenvalue weighted by Crippen LogP contribution is 2.53. The van der Waals surface area contributed by atoms with Gasteiger partial charge < -0.3 is 14.9 Å². The first-order valence-corrected chi connectivity index (χ1v) is 8.33. The summed E-state index contributed by atoms with van der Waals surface area (Å²) in [6.07, 6.45) is 0.689. The van der Waals surface area contributed by atoms with Crippen molar-refractivity contribution in [2.45, 2.75) is 18.4 Å². The van der Waals surface area contributed by atoms with Crippen LogP contribution >= 0.6 is 23.5 Å². The van der Waals surface area contributed by atoms with Crippen molar-refractivity contribution in [3.8, 4) is 0 Å². The van der Waals surface area contributed by atoms with E-state index in [4.69, 9.17) is 9.84 Å². The maximum Gasteiger partial charge on any atom is 0.357 e. The van der Waals surface area contributed by atoms with Crippen LogP contribution in [-0.2, 0) is 14.3 Å². The lowest BCUT2D eigenvalue weighted by molar-refractivity contribution is -0.157. The van der Waals surface area contributed by atoms with Crippen molar-refractivity contribution in [1.82, 2.24) is 4.90 Å². The summed E-state index contributed by atoms with van der Waals surface area (Å²) in [5, 5.41) is 18.3. The number of hydrogen-bond donors (Lipinski definition) is 2. The number of thioether (sulfide) groups is 2. The van der Waals surface area contributed by atoms with Crippen LogP contribution in [0.15, 0.2) is 22.6 Å². The number of amides is 1. The van der Waals surface area contributed by atoms with Gasteiger partial charge in [0.2, 0.25) is 5.91 Å². The molecule has 0 aromatic heterocycles. The fourth-order valence-electron chi connectivity index (χ4n) is 2.18. The second-order valence-electron chi connectivity index (χ2n) is 4.58. The Morgan fingerprint density at radius 3 is 2.95 bits per heavy atom. The van der Waals surface area contributed by atoms with Gasteiger partial charge in [0.15, 0.2) is 5.70 Å². The Kier molecular flexibility index (Phi) is 5.37. The van der Waals surface area contributed by atoms with Crippen molar-refractivity contribution in [3.63, 3.8) is 0 Å². The third-order valence-electron chi connectivity index (χ3n) is 3.12. The highest BCUT2D eigenvalue weighted by molar-refractivity contribution is 8.22. The van der Waals surface area contributed by atoms with Crippen molar-refractivity contribution in [3.05, 3.63) is 22.6 Å². The smallest absolute Gasteiger partial charge is 0.357 e. The van der Waals surface area contributed by atoms with Gasteiger partial charge in [0.25, 0.3) is 0 Å². The molecule has 116 valence electrons. The van der Waals surface area contributed by atoms with Gasteiger partial charge in [0.05, 0.1) is 22.9 Å². The Hall–Kier alpha value is -0.960. The molecule has 0 aliphatic carbocycles. The van der Waals surface area contributed by atoms with Crippen molar-refractivity contribution < 1.29 is 24.5 Å². The Balaban J connectivity index is 2.20. The van der Waals surface area contributed by atoms with Crippen LogP contribution in [-0.4, -0.2) is 57.4 Å². The van der Waals surface area contributed by atoms with E-state index in [9.17, 15) is 14.7 Å². The Morgan fingerprint density at radius 1 is 1.67 bits per heavy atom. The highest BCUT2D eigenvalue weighted by Gasteiger charge is 2.57. The Bertz CT molecular complexity index is 491. The van der Waals surface area contributed by atoms with Crippen LogP contribution in [0.5, 0.6) is 0 Å². The van der Waals surface area contributed by atoms with E-state index >= 15 is 0 Å². The van der Waals surface area contributed by atoms with Crippen molar-refractivity contribution in [1.29, 1.82) is 0 Å². The number of carbonyl (C=O) groups excluding carboxylic acids is 2. The van der Waals surface area contributed by atoms with Gasteiger partial charge in [0.1, 0.15) is 12.0 Å². The first-order chi connectivity index (χ1) is 10.0. The number of carbonyl (C=O) groups is 2. The van der Waals surface area contributed by atoms with Gasteiger partial charge in [-0.3, -0.25) is 9.69 Å². The number of esters is 1. The topological polar surface area (TPSA) is 87.1 Å². The molecule has 0 bridgehead atoms. The normalized spacial score (nSPS) is 25.5. The molecule has 0 radical (unpaired) electrons. The molecule has 0 spiro atoms. The maximum atomic E-state index is 12.1.